The van der Waals surface area contributed by atoms with Gasteiger partial charge in [-0.3, -0.25) is 0 Å². The van der Waals surface area contributed by atoms with E-state index in [0.29, 0.717) is 6.61 Å². The van der Waals surface area contributed by atoms with Crippen molar-refractivity contribution >= 4 is 0 Å². The second kappa shape index (κ2) is 5.56. The second-order valence-corrected chi connectivity index (χ2v) is 2.41. The molecule has 1 rings (SSSR count). The molecular weight excluding hydrogens is 148 g/mol. The average Bonchev–Trinajstić information content (AvgIpc) is 2.19. The fourth-order valence-electron chi connectivity index (χ4n) is 0.869. The first-order valence-electron chi connectivity index (χ1n) is 4.97. The highest BCUT2D eigenvalue weighted by Gasteiger charge is 1.89. The van der Waals surface area contributed by atoms with Crippen molar-refractivity contribution in [1.82, 2.24) is 0 Å². The Balaban J connectivity index is 2.26. The molecule has 0 amide bonds. The molecule has 0 saturated heterocycles. The molecule has 0 aromatic heterocycles. The molecule has 0 heterocycles. The van der Waals surface area contributed by atoms with Crippen LogP contribution >= 0.6 is 0 Å². The van der Waals surface area contributed by atoms with Crippen LogP contribution in [0.2, 0.25) is 0 Å². The molecule has 0 aliphatic rings. The standard InChI is InChI=1S/C11H14O/c1-2-3-9-12-10-11-7-5-4-6-8-11/h2,4-8H,1,3,9-10H2/i2D,3D. The first-order valence-corrected chi connectivity index (χ1v) is 3.89. The van der Waals surface area contributed by atoms with Gasteiger partial charge < -0.3 is 4.74 Å². The Labute approximate surface area is 76.5 Å². The summed E-state index contributed by atoms with van der Waals surface area (Å²) in [6, 6.07) is 9.87. The maximum Gasteiger partial charge on any atom is 0.0717 e. The number of hydrogen-bond donors (Lipinski definition) is 0. The molecule has 1 aromatic carbocycles. The van der Waals surface area contributed by atoms with Gasteiger partial charge >= 0.3 is 0 Å². The van der Waals surface area contributed by atoms with E-state index in [2.05, 4.69) is 6.58 Å². The van der Waals surface area contributed by atoms with Crippen molar-refractivity contribution in [3.05, 3.63) is 48.5 Å². The van der Waals surface area contributed by atoms with Crippen LogP contribution in [-0.2, 0) is 11.3 Å². The van der Waals surface area contributed by atoms with Crippen molar-refractivity contribution in [2.75, 3.05) is 6.61 Å². The minimum Gasteiger partial charge on any atom is -0.376 e. The summed E-state index contributed by atoms with van der Waals surface area (Å²) in [5.74, 6) is 0. The van der Waals surface area contributed by atoms with E-state index in [4.69, 9.17) is 7.48 Å². The Morgan fingerprint density at radius 3 is 2.92 bits per heavy atom. The Hall–Kier alpha value is -1.08. The second-order valence-electron chi connectivity index (χ2n) is 2.41. The van der Waals surface area contributed by atoms with E-state index in [0.717, 1.165) is 5.56 Å². The Bertz CT molecular complexity index is 285. The van der Waals surface area contributed by atoms with Crippen LogP contribution in [0.4, 0.5) is 0 Å². The highest BCUT2D eigenvalue weighted by Crippen LogP contribution is 2.00. The highest BCUT2D eigenvalue weighted by atomic mass is 16.5. The fourth-order valence-corrected chi connectivity index (χ4v) is 0.869. The molecule has 64 valence electrons. The van der Waals surface area contributed by atoms with Gasteiger partial charge in [-0.05, 0) is 12.0 Å². The van der Waals surface area contributed by atoms with Crippen LogP contribution in [0.25, 0.3) is 0 Å². The maximum atomic E-state index is 7.38. The van der Waals surface area contributed by atoms with Gasteiger partial charge in [0.05, 0.1) is 14.6 Å². The lowest BCUT2D eigenvalue weighted by molar-refractivity contribution is 0.125. The largest absolute Gasteiger partial charge is 0.376 e. The summed E-state index contributed by atoms with van der Waals surface area (Å²) in [5, 5.41) is 0. The minimum atomic E-state index is -0.640. The van der Waals surface area contributed by atoms with Crippen LogP contribution in [0, 0.1) is 0 Å². The number of benzene rings is 1. The quantitative estimate of drug-likeness (QED) is 0.608. The third kappa shape index (κ3) is 3.35. The van der Waals surface area contributed by atoms with Gasteiger partial charge in [-0.1, -0.05) is 36.4 Å². The summed E-state index contributed by atoms with van der Waals surface area (Å²) in [4.78, 5) is 0. The van der Waals surface area contributed by atoms with Crippen molar-refractivity contribution in [2.45, 2.75) is 13.0 Å². The van der Waals surface area contributed by atoms with E-state index < -0.39 is 6.40 Å². The Kier molecular flexibility index (Phi) is 2.98. The molecule has 0 N–H and O–H groups in total. The van der Waals surface area contributed by atoms with Gasteiger partial charge in [0.2, 0.25) is 0 Å². The monoisotopic (exact) mass is 164 g/mol. The summed E-state index contributed by atoms with van der Waals surface area (Å²) in [6.45, 7) is 4.10. The van der Waals surface area contributed by atoms with Crippen LogP contribution in [0.15, 0.2) is 43.0 Å². The number of ether oxygens (including phenoxy) is 1. The zero-order valence-electron chi connectivity index (χ0n) is 8.99. The van der Waals surface area contributed by atoms with E-state index in [-0.39, 0.29) is 12.7 Å². The van der Waals surface area contributed by atoms with Crippen molar-refractivity contribution in [3.8, 4) is 0 Å². The van der Waals surface area contributed by atoms with Crippen molar-refractivity contribution in [2.24, 2.45) is 0 Å². The first kappa shape index (κ1) is 6.44. The third-order valence-corrected chi connectivity index (χ3v) is 1.46. The summed E-state index contributed by atoms with van der Waals surface area (Å²) in [5.41, 5.74) is 1.08. The van der Waals surface area contributed by atoms with Gasteiger partial charge in [-0.2, -0.15) is 0 Å². The van der Waals surface area contributed by atoms with Crippen LogP contribution < -0.4 is 0 Å². The normalized spacial score (nSPS) is 14.7. The van der Waals surface area contributed by atoms with E-state index in [1.807, 2.05) is 30.3 Å². The average molecular weight is 164 g/mol. The van der Waals surface area contributed by atoms with Crippen molar-refractivity contribution in [1.29, 1.82) is 0 Å². The van der Waals surface area contributed by atoms with Crippen molar-refractivity contribution < 1.29 is 7.48 Å². The van der Waals surface area contributed by atoms with Gasteiger partial charge in [0.25, 0.3) is 0 Å². The lowest BCUT2D eigenvalue weighted by Crippen LogP contribution is -1.93. The lowest BCUT2D eigenvalue weighted by Gasteiger charge is -2.01. The molecular formula is C11H14O. The molecule has 1 unspecified atom stereocenters. The molecule has 0 saturated carbocycles. The van der Waals surface area contributed by atoms with Gasteiger partial charge in [0.1, 0.15) is 0 Å². The first-order chi connectivity index (χ1) is 6.70. The Morgan fingerprint density at radius 2 is 2.25 bits per heavy atom. The third-order valence-electron chi connectivity index (χ3n) is 1.46. The fraction of sp³-hybridized carbons (Fsp3) is 0.273. The Morgan fingerprint density at radius 1 is 1.50 bits per heavy atom. The van der Waals surface area contributed by atoms with E-state index in [9.17, 15) is 0 Å². The molecule has 0 radical (unpaired) electrons. The molecule has 1 heteroatoms. The number of rotatable bonds is 5. The molecule has 0 spiro atoms. The van der Waals surface area contributed by atoms with E-state index in [1.54, 1.807) is 0 Å². The molecule has 0 aliphatic carbocycles. The molecule has 0 fully saturated rings. The smallest absolute Gasteiger partial charge is 0.0717 e. The van der Waals surface area contributed by atoms with E-state index >= 15 is 0 Å². The molecule has 0 aliphatic heterocycles. The SMILES string of the molecule is [2H]C(=C)C([2H])COCc1ccccc1. The minimum absolute atomic E-state index is 0.0954. The molecule has 12 heavy (non-hydrogen) atoms. The van der Waals surface area contributed by atoms with Gasteiger partial charge in [0.15, 0.2) is 0 Å². The van der Waals surface area contributed by atoms with Crippen molar-refractivity contribution in [3.63, 3.8) is 0 Å². The van der Waals surface area contributed by atoms with Gasteiger partial charge in [-0.15, -0.1) is 6.58 Å². The predicted octanol–water partition coefficient (Wildman–Crippen LogP) is 2.78. The van der Waals surface area contributed by atoms with Crippen LogP contribution in [0.1, 0.15) is 14.7 Å². The van der Waals surface area contributed by atoms with E-state index in [1.165, 1.54) is 0 Å². The zero-order valence-corrected chi connectivity index (χ0v) is 6.99. The van der Waals surface area contributed by atoms with Crippen LogP contribution in [0.3, 0.4) is 0 Å². The molecule has 1 aromatic rings. The van der Waals surface area contributed by atoms with Crippen LogP contribution in [-0.4, -0.2) is 6.61 Å². The molecule has 1 nitrogen and oxygen atoms in total. The predicted molar refractivity (Wildman–Crippen MR) is 50.9 cm³/mol. The topological polar surface area (TPSA) is 9.23 Å². The molecule has 1 atom stereocenters. The summed E-state index contributed by atoms with van der Waals surface area (Å²) >= 11 is 0. The van der Waals surface area contributed by atoms with Gasteiger partial charge in [0, 0.05) is 1.37 Å². The summed E-state index contributed by atoms with van der Waals surface area (Å²) in [7, 11) is 0. The summed E-state index contributed by atoms with van der Waals surface area (Å²) in [6.07, 6.45) is -0.640. The summed E-state index contributed by atoms with van der Waals surface area (Å²) < 4.78 is 19.8. The molecule has 0 bridgehead atoms. The maximum absolute atomic E-state index is 7.38. The van der Waals surface area contributed by atoms with Gasteiger partial charge in [-0.25, -0.2) is 0 Å². The highest BCUT2D eigenvalue weighted by molar-refractivity contribution is 5.13. The lowest BCUT2D eigenvalue weighted by atomic mass is 10.2. The van der Waals surface area contributed by atoms with Crippen LogP contribution in [0.5, 0.6) is 0 Å². The zero-order chi connectivity index (χ0) is 10.4. The number of hydrogen-bond acceptors (Lipinski definition) is 1.